The molecule has 4 fully saturated rings. The summed E-state index contributed by atoms with van der Waals surface area (Å²) in [4.78, 5) is 50.4. The molecule has 4 aliphatic heterocycles. The van der Waals surface area contributed by atoms with Crippen molar-refractivity contribution in [3.63, 3.8) is 0 Å². The van der Waals surface area contributed by atoms with Crippen LogP contribution in [0, 0.1) is 23.7 Å². The zero-order valence-corrected chi connectivity index (χ0v) is 40.3. The summed E-state index contributed by atoms with van der Waals surface area (Å²) in [5.41, 5.74) is 4.50. The van der Waals surface area contributed by atoms with E-state index in [4.69, 9.17) is 5.11 Å². The quantitative estimate of drug-likeness (QED) is 0.177. The van der Waals surface area contributed by atoms with Crippen LogP contribution in [-0.2, 0) is 19.2 Å². The van der Waals surface area contributed by atoms with Crippen molar-refractivity contribution in [1.82, 2.24) is 35.9 Å². The number of rotatable bonds is 5. The minimum absolute atomic E-state index is 0. The molecule has 0 aromatic rings. The molecule has 4 aliphatic rings. The third-order valence-corrected chi connectivity index (χ3v) is 8.56. The van der Waals surface area contributed by atoms with Gasteiger partial charge in [0.25, 0.3) is 0 Å². The second-order valence-corrected chi connectivity index (χ2v) is 12.6. The number of nitrogens with zero attached hydrogens (tertiary/aromatic N) is 3. The number of amides is 3. The van der Waals surface area contributed by atoms with Crippen molar-refractivity contribution >= 4 is 78.0 Å². The molecule has 8 atom stereocenters. The van der Waals surface area contributed by atoms with Gasteiger partial charge in [0.15, 0.2) is 0 Å². The van der Waals surface area contributed by atoms with Gasteiger partial charge in [-0.05, 0) is 105 Å². The zero-order valence-electron chi connectivity index (χ0n) is 34.6. The maximum absolute atomic E-state index is 11.3. The number of carbonyl (C=O) groups excluding carboxylic acids is 3. The lowest BCUT2D eigenvalue weighted by molar-refractivity contribution is -0.143. The Morgan fingerprint density at radius 3 is 1.34 bits per heavy atom. The van der Waals surface area contributed by atoms with Crippen LogP contribution in [0.25, 0.3) is 0 Å². The molecule has 8 unspecified atom stereocenters. The fourth-order valence-corrected chi connectivity index (χ4v) is 5.89. The predicted octanol–water partition coefficient (Wildman–Crippen LogP) is 1.56. The maximum Gasteiger partial charge on any atom is 0.307 e. The Hall–Kier alpha value is -0.470. The van der Waals surface area contributed by atoms with Gasteiger partial charge in [-0.2, -0.15) is 39.6 Å². The number of aliphatic carboxylic acids is 1. The number of piperidine rings is 4. The van der Waals surface area contributed by atoms with Crippen LogP contribution in [0.15, 0.2) is 0 Å². The van der Waals surface area contributed by atoms with Gasteiger partial charge in [0.1, 0.15) is 7.28 Å². The van der Waals surface area contributed by atoms with Gasteiger partial charge in [-0.15, -0.1) is 0 Å². The molecule has 4 heterocycles. The summed E-state index contributed by atoms with van der Waals surface area (Å²) in [7, 11) is 14.7. The zero-order chi connectivity index (χ0) is 36.9. The van der Waals surface area contributed by atoms with Crippen LogP contribution < -0.4 is 27.0 Å². The first-order chi connectivity index (χ1) is 23.0. The van der Waals surface area contributed by atoms with Crippen molar-refractivity contribution < 1.29 is 24.3 Å². The predicted molar refractivity (Wildman–Crippen MR) is 251 cm³/mol. The number of hydrogen-bond acceptors (Lipinski definition) is 9. The lowest BCUT2D eigenvalue weighted by Gasteiger charge is -2.30. The van der Waals surface area contributed by atoms with E-state index in [-0.39, 0.29) is 88.4 Å². The first-order valence-corrected chi connectivity index (χ1v) is 17.8. The lowest BCUT2D eigenvalue weighted by Crippen LogP contribution is -2.42. The van der Waals surface area contributed by atoms with Gasteiger partial charge in [0.05, 0.1) is 17.8 Å². The van der Waals surface area contributed by atoms with Crippen LogP contribution in [0.1, 0.15) is 58.8 Å². The Morgan fingerprint density at radius 1 is 0.642 bits per heavy atom. The highest BCUT2D eigenvalue weighted by Gasteiger charge is 2.25. The second-order valence-electron chi connectivity index (χ2n) is 12.6. The average molecular weight is 833 g/mol. The largest absolute Gasteiger partial charge is 0.481 e. The molecule has 0 aromatic carbocycles. The summed E-state index contributed by atoms with van der Waals surface area (Å²) >= 11 is 0. The molecule has 0 aliphatic carbocycles. The summed E-state index contributed by atoms with van der Waals surface area (Å²) in [6.45, 7) is 13.7. The van der Waals surface area contributed by atoms with Gasteiger partial charge in [0.2, 0.25) is 25.1 Å². The molecule has 0 spiro atoms. The van der Waals surface area contributed by atoms with E-state index in [9.17, 15) is 19.2 Å². The average Bonchev–Trinajstić information content (AvgIpc) is 3.13. The van der Waals surface area contributed by atoms with E-state index in [0.29, 0.717) is 0 Å². The molecule has 0 bridgehead atoms. The van der Waals surface area contributed by atoms with Crippen LogP contribution in [0.5, 0.6) is 0 Å². The van der Waals surface area contributed by atoms with Crippen LogP contribution in [0.4, 0.5) is 0 Å². The topological polar surface area (TPSA) is 172 Å². The van der Waals surface area contributed by atoms with Gasteiger partial charge in [0, 0.05) is 46.7 Å². The van der Waals surface area contributed by atoms with Gasteiger partial charge >= 0.3 is 5.97 Å². The maximum atomic E-state index is 11.3. The Balaban J connectivity index is -0.0000000993. The molecule has 0 saturated carbocycles. The molecule has 4 saturated heterocycles. The van der Waals surface area contributed by atoms with Gasteiger partial charge in [-0.1, -0.05) is 27.9 Å². The normalized spacial score (nSPS) is 21.8. The SMILES string of the molecule is C.CN.CN1CCCC(C(=O)O)C1.CNC(=O)C1CCCN(C)C1.CNC(=O)C1CCCNC1.C[B]C.C[B]N1CCCC(C(=O)NC)C1.P.P.P.P. The lowest BCUT2D eigenvalue weighted by atomic mass is 9.87. The molecule has 19 heteroatoms. The van der Waals surface area contributed by atoms with Crippen molar-refractivity contribution in [1.29, 1.82) is 0 Å². The summed E-state index contributed by atoms with van der Waals surface area (Å²) in [5, 5.41) is 19.9. The van der Waals surface area contributed by atoms with Crippen molar-refractivity contribution in [2.24, 2.45) is 29.4 Å². The Labute approximate surface area is 340 Å². The fraction of sp³-hybridized carbons (Fsp3) is 0.882. The molecule has 7 N–H and O–H groups in total. The van der Waals surface area contributed by atoms with Crippen molar-refractivity contribution in [2.75, 3.05) is 94.6 Å². The smallest absolute Gasteiger partial charge is 0.307 e. The van der Waals surface area contributed by atoms with Crippen LogP contribution >= 0.6 is 39.6 Å². The summed E-state index contributed by atoms with van der Waals surface area (Å²) in [6, 6.07) is 0. The Bertz CT molecular complexity index is 876. The molecule has 2 radical (unpaired) electrons. The van der Waals surface area contributed by atoms with Crippen LogP contribution in [0.2, 0.25) is 20.5 Å². The molecule has 13 nitrogen and oxygen atoms in total. The van der Waals surface area contributed by atoms with Crippen molar-refractivity contribution in [2.45, 2.75) is 79.3 Å². The van der Waals surface area contributed by atoms with E-state index in [1.165, 1.54) is 7.05 Å². The molecule has 318 valence electrons. The van der Waals surface area contributed by atoms with E-state index in [0.717, 1.165) is 104 Å². The molecule has 0 aromatic heterocycles. The molecular weight excluding hydrogens is 746 g/mol. The minimum atomic E-state index is -0.647. The minimum Gasteiger partial charge on any atom is -0.481 e. The number of carboxylic acid groups (broad SMARTS) is 1. The number of likely N-dealkylation sites (tertiary alicyclic amines) is 2. The third kappa shape index (κ3) is 33.4. The highest BCUT2D eigenvalue weighted by molar-refractivity contribution is 6.92. The van der Waals surface area contributed by atoms with E-state index in [1.54, 1.807) is 21.1 Å². The molecule has 3 amide bonds. The second kappa shape index (κ2) is 44.2. The summed E-state index contributed by atoms with van der Waals surface area (Å²) in [6.07, 6.45) is 8.38. The van der Waals surface area contributed by atoms with E-state index in [2.05, 4.69) is 56.1 Å². The molecule has 4 rings (SSSR count). The third-order valence-electron chi connectivity index (χ3n) is 8.56. The summed E-state index contributed by atoms with van der Waals surface area (Å²) < 4.78 is 0. The molecular formula is C34H86B2N8O5P4. The highest BCUT2D eigenvalue weighted by atomic mass is 31.0. The van der Waals surface area contributed by atoms with E-state index >= 15 is 0 Å². The Morgan fingerprint density at radius 2 is 1.00 bits per heavy atom. The fourth-order valence-electron chi connectivity index (χ4n) is 5.89. The molecule has 53 heavy (non-hydrogen) atoms. The number of nitrogens with one attached hydrogen (secondary N) is 4. The van der Waals surface area contributed by atoms with Crippen LogP contribution in [0.3, 0.4) is 0 Å². The number of carboxylic acids is 1. The van der Waals surface area contributed by atoms with Gasteiger partial charge in [-0.25, -0.2) is 0 Å². The first kappa shape index (κ1) is 67.3. The van der Waals surface area contributed by atoms with Crippen LogP contribution in [-0.4, -0.2) is 153 Å². The highest BCUT2D eigenvalue weighted by Crippen LogP contribution is 2.16. The van der Waals surface area contributed by atoms with Crippen molar-refractivity contribution in [3.05, 3.63) is 0 Å². The first-order valence-electron chi connectivity index (χ1n) is 17.8. The Kier molecular flexibility index (Phi) is 56.2. The number of hydrogen-bond donors (Lipinski definition) is 6. The summed E-state index contributed by atoms with van der Waals surface area (Å²) in [5.74, 6) is 0.396. The van der Waals surface area contributed by atoms with E-state index in [1.807, 2.05) is 34.8 Å². The number of carbonyl (C=O) groups is 4. The number of nitrogens with two attached hydrogens (primary N) is 1. The van der Waals surface area contributed by atoms with Gasteiger partial charge < -0.3 is 46.7 Å². The standard InChI is InChI=1S/C8H16BN2O.C8H16N2O.C7H14N2O.C7H13NO2.C2H6B.CH5N.CH4.4H3P/c1-9-11-5-3-4-7(6-11)8(12)10-2;1-9-8(11)7-4-3-5-10(2)6-7;1-8-7(10)6-3-2-4-9-5-6;1-8-4-2-3-6(5-8)7(9)10;1-3-2;1-2;;;;;/h7H,3-6H2,1-2H3,(H,10,12);7H,3-6H2,1-2H3,(H,9,11);6,9H,2-5H2,1H3,(H,8,10);6H,2-5H2,1H3,(H,9,10);1-2H3;2H2,1H3;1H4;4*1H3. The monoisotopic (exact) mass is 833 g/mol. The van der Waals surface area contributed by atoms with Crippen molar-refractivity contribution in [3.8, 4) is 0 Å². The van der Waals surface area contributed by atoms with Gasteiger partial charge in [-0.3, -0.25) is 19.2 Å². The van der Waals surface area contributed by atoms with E-state index < -0.39 is 5.97 Å².